The average molecular weight is 373 g/mol. The molecule has 1 aromatic heterocycles. The molecule has 0 aliphatic carbocycles. The Morgan fingerprint density at radius 1 is 1.08 bits per heavy atom. The van der Waals surface area contributed by atoms with E-state index in [1.54, 1.807) is 16.2 Å². The number of carbonyl (C=O) groups excluding carboxylic acids is 1. The number of amides is 1. The molecule has 0 radical (unpaired) electrons. The summed E-state index contributed by atoms with van der Waals surface area (Å²) in [4.78, 5) is 32.9. The first kappa shape index (κ1) is 17.3. The van der Waals surface area contributed by atoms with Crippen molar-refractivity contribution in [2.24, 2.45) is 5.92 Å². The molecule has 0 bridgehead atoms. The quantitative estimate of drug-likeness (QED) is 0.895. The van der Waals surface area contributed by atoms with Crippen molar-refractivity contribution in [2.75, 3.05) is 24.5 Å². The number of rotatable bonds is 3. The van der Waals surface area contributed by atoms with Gasteiger partial charge in [-0.2, -0.15) is 0 Å². The van der Waals surface area contributed by atoms with Crippen molar-refractivity contribution in [1.29, 1.82) is 0 Å². The fraction of sp³-hybridized carbons (Fsp3) is 0.526. The Bertz CT molecular complexity index is 780. The van der Waals surface area contributed by atoms with Gasteiger partial charge in [-0.1, -0.05) is 23.5 Å². The normalized spacial score (nSPS) is 21.9. The summed E-state index contributed by atoms with van der Waals surface area (Å²) in [5, 5.41) is 10.4. The van der Waals surface area contributed by atoms with Gasteiger partial charge >= 0.3 is 5.97 Å². The molecule has 2 aromatic rings. The van der Waals surface area contributed by atoms with Crippen molar-refractivity contribution in [3.63, 3.8) is 0 Å². The van der Waals surface area contributed by atoms with Crippen molar-refractivity contribution in [2.45, 2.75) is 38.1 Å². The zero-order chi connectivity index (χ0) is 18.1. The highest BCUT2D eigenvalue weighted by Gasteiger charge is 2.36. The molecule has 0 unspecified atom stereocenters. The van der Waals surface area contributed by atoms with Crippen LogP contribution in [0, 0.1) is 5.92 Å². The molecule has 6 nitrogen and oxygen atoms in total. The number of anilines is 1. The van der Waals surface area contributed by atoms with E-state index in [1.807, 2.05) is 18.2 Å². The predicted octanol–water partition coefficient (Wildman–Crippen LogP) is 2.98. The van der Waals surface area contributed by atoms with Gasteiger partial charge in [0.25, 0.3) is 0 Å². The van der Waals surface area contributed by atoms with Crippen LogP contribution in [0.15, 0.2) is 24.3 Å². The summed E-state index contributed by atoms with van der Waals surface area (Å²) in [6, 6.07) is 7.47. The van der Waals surface area contributed by atoms with E-state index in [-0.39, 0.29) is 11.8 Å². The number of nitrogens with zero attached hydrogens (tertiary/aromatic N) is 3. The Morgan fingerprint density at radius 2 is 1.85 bits per heavy atom. The topological polar surface area (TPSA) is 73.7 Å². The molecule has 0 spiro atoms. The Morgan fingerprint density at radius 3 is 2.58 bits per heavy atom. The maximum absolute atomic E-state index is 12.9. The molecule has 2 aliphatic heterocycles. The number of fused-ring (bicyclic) bond motifs is 1. The second kappa shape index (κ2) is 7.23. The summed E-state index contributed by atoms with van der Waals surface area (Å²) in [5.41, 5.74) is 1.02. The van der Waals surface area contributed by atoms with Crippen LogP contribution in [0.2, 0.25) is 0 Å². The van der Waals surface area contributed by atoms with Gasteiger partial charge in [-0.05, 0) is 44.2 Å². The number of hydrogen-bond acceptors (Lipinski definition) is 5. The van der Waals surface area contributed by atoms with Crippen LogP contribution in [-0.2, 0) is 9.59 Å². The van der Waals surface area contributed by atoms with Crippen molar-refractivity contribution in [1.82, 2.24) is 9.88 Å². The van der Waals surface area contributed by atoms with Crippen LogP contribution in [0.5, 0.6) is 0 Å². The van der Waals surface area contributed by atoms with Gasteiger partial charge in [0.05, 0.1) is 10.2 Å². The Kier molecular flexibility index (Phi) is 4.80. The van der Waals surface area contributed by atoms with Crippen molar-refractivity contribution < 1.29 is 14.7 Å². The van der Waals surface area contributed by atoms with E-state index in [2.05, 4.69) is 11.0 Å². The van der Waals surface area contributed by atoms with Crippen LogP contribution in [0.4, 0.5) is 5.13 Å². The van der Waals surface area contributed by atoms with Gasteiger partial charge in [0, 0.05) is 25.6 Å². The first-order chi connectivity index (χ1) is 12.6. The SMILES string of the molecule is O=C(O)[C@@H]1CCCCN1C(=O)C1CCN(c2nc3ccccc3s2)CC1. The number of benzene rings is 1. The number of aromatic nitrogens is 1. The number of piperidine rings is 2. The van der Waals surface area contributed by atoms with Gasteiger partial charge in [0.15, 0.2) is 5.13 Å². The summed E-state index contributed by atoms with van der Waals surface area (Å²) in [7, 11) is 0. The Balaban J connectivity index is 1.41. The number of hydrogen-bond donors (Lipinski definition) is 1. The summed E-state index contributed by atoms with van der Waals surface area (Å²) in [6.07, 6.45) is 3.89. The molecule has 2 fully saturated rings. The lowest BCUT2D eigenvalue weighted by Gasteiger charge is -2.38. The maximum Gasteiger partial charge on any atom is 0.326 e. The van der Waals surface area contributed by atoms with E-state index in [0.29, 0.717) is 13.0 Å². The molecule has 0 saturated carbocycles. The average Bonchev–Trinajstić information content (AvgIpc) is 3.12. The van der Waals surface area contributed by atoms with Gasteiger partial charge in [-0.15, -0.1) is 0 Å². The second-order valence-corrected chi connectivity index (χ2v) is 8.12. The number of likely N-dealkylation sites (tertiary alicyclic amines) is 1. The Labute approximate surface area is 156 Å². The van der Waals surface area contributed by atoms with Crippen LogP contribution in [-0.4, -0.2) is 52.5 Å². The number of carboxylic acids is 1. The standard InChI is InChI=1S/C19H23N3O3S/c23-17(22-10-4-3-6-15(22)18(24)25)13-8-11-21(12-9-13)19-20-14-5-1-2-7-16(14)26-19/h1-2,5,7,13,15H,3-4,6,8-12H2,(H,24,25)/t15-/m0/s1. The van der Waals surface area contributed by atoms with Gasteiger partial charge in [-0.3, -0.25) is 4.79 Å². The largest absolute Gasteiger partial charge is 0.480 e. The number of para-hydroxylation sites is 1. The molecule has 138 valence electrons. The highest BCUT2D eigenvalue weighted by molar-refractivity contribution is 7.22. The van der Waals surface area contributed by atoms with Crippen molar-refractivity contribution in [3.8, 4) is 0 Å². The van der Waals surface area contributed by atoms with Gasteiger partial charge in [0.2, 0.25) is 5.91 Å². The molecule has 1 atom stereocenters. The molecule has 1 amide bonds. The molecule has 4 rings (SSSR count). The lowest BCUT2D eigenvalue weighted by Crippen LogP contribution is -2.51. The third-order valence-electron chi connectivity index (χ3n) is 5.47. The maximum atomic E-state index is 12.9. The molecule has 2 aliphatic rings. The van der Waals surface area contributed by atoms with E-state index >= 15 is 0 Å². The molecule has 2 saturated heterocycles. The zero-order valence-electron chi connectivity index (χ0n) is 14.6. The summed E-state index contributed by atoms with van der Waals surface area (Å²) < 4.78 is 1.18. The van der Waals surface area contributed by atoms with Gasteiger partial charge in [-0.25, -0.2) is 9.78 Å². The number of aliphatic carboxylic acids is 1. The second-order valence-electron chi connectivity index (χ2n) is 7.11. The molecular weight excluding hydrogens is 350 g/mol. The molecule has 26 heavy (non-hydrogen) atoms. The van der Waals surface area contributed by atoms with Crippen LogP contribution >= 0.6 is 11.3 Å². The first-order valence-electron chi connectivity index (χ1n) is 9.27. The predicted molar refractivity (Wildman–Crippen MR) is 102 cm³/mol. The molecule has 7 heteroatoms. The minimum atomic E-state index is -0.870. The van der Waals surface area contributed by atoms with Crippen LogP contribution in [0.1, 0.15) is 32.1 Å². The first-order valence-corrected chi connectivity index (χ1v) is 10.1. The Hall–Kier alpha value is -2.15. The van der Waals surface area contributed by atoms with Crippen molar-refractivity contribution >= 4 is 38.6 Å². The summed E-state index contributed by atoms with van der Waals surface area (Å²) in [5.74, 6) is -0.911. The number of thiazole rings is 1. The molecule has 3 heterocycles. The number of carboxylic acid groups (broad SMARTS) is 1. The van der Waals surface area contributed by atoms with Crippen LogP contribution in [0.3, 0.4) is 0 Å². The van der Waals surface area contributed by atoms with Gasteiger partial charge < -0.3 is 14.9 Å². The number of carbonyl (C=O) groups is 2. The highest BCUT2D eigenvalue weighted by atomic mass is 32.1. The van der Waals surface area contributed by atoms with E-state index < -0.39 is 12.0 Å². The molecule has 1 N–H and O–H groups in total. The lowest BCUT2D eigenvalue weighted by atomic mass is 9.92. The van der Waals surface area contributed by atoms with Crippen LogP contribution in [0.25, 0.3) is 10.2 Å². The minimum absolute atomic E-state index is 0.0287. The fourth-order valence-corrected chi connectivity index (χ4v) is 5.02. The van der Waals surface area contributed by atoms with E-state index in [0.717, 1.165) is 49.4 Å². The minimum Gasteiger partial charge on any atom is -0.480 e. The van der Waals surface area contributed by atoms with E-state index in [9.17, 15) is 14.7 Å². The highest BCUT2D eigenvalue weighted by Crippen LogP contribution is 2.32. The monoisotopic (exact) mass is 373 g/mol. The van der Waals surface area contributed by atoms with E-state index in [1.165, 1.54) is 4.70 Å². The third kappa shape index (κ3) is 3.28. The van der Waals surface area contributed by atoms with Gasteiger partial charge in [0.1, 0.15) is 6.04 Å². The fourth-order valence-electron chi connectivity index (χ4n) is 4.00. The third-order valence-corrected chi connectivity index (χ3v) is 6.57. The molecular formula is C19H23N3O3S. The zero-order valence-corrected chi connectivity index (χ0v) is 15.5. The van der Waals surface area contributed by atoms with Crippen LogP contribution < -0.4 is 4.90 Å². The summed E-state index contributed by atoms with van der Waals surface area (Å²) in [6.45, 7) is 2.16. The lowest BCUT2D eigenvalue weighted by molar-refractivity contribution is -0.154. The summed E-state index contributed by atoms with van der Waals surface area (Å²) >= 11 is 1.69. The van der Waals surface area contributed by atoms with E-state index in [4.69, 9.17) is 4.98 Å². The van der Waals surface area contributed by atoms with Crippen molar-refractivity contribution in [3.05, 3.63) is 24.3 Å². The smallest absolute Gasteiger partial charge is 0.326 e. The molecule has 1 aromatic carbocycles.